The maximum atomic E-state index is 12.8. The predicted molar refractivity (Wildman–Crippen MR) is 84.2 cm³/mol. The monoisotopic (exact) mass is 355 g/mol. The first-order chi connectivity index (χ1) is 11.7. The van der Waals surface area contributed by atoms with Crippen molar-refractivity contribution < 1.29 is 22.7 Å². The van der Waals surface area contributed by atoms with Gasteiger partial charge in [-0.1, -0.05) is 0 Å². The van der Waals surface area contributed by atoms with Gasteiger partial charge in [0.1, 0.15) is 0 Å². The number of carbonyl (C=O) groups is 1. The number of hydrogen-bond donors (Lipinski definition) is 2. The zero-order chi connectivity index (χ0) is 18.2. The van der Waals surface area contributed by atoms with Crippen molar-refractivity contribution in [1.82, 2.24) is 9.88 Å². The summed E-state index contributed by atoms with van der Waals surface area (Å²) in [6.07, 6.45) is -6.24. The first-order valence-electron chi connectivity index (χ1n) is 7.60. The van der Waals surface area contributed by atoms with Crippen LogP contribution >= 0.6 is 0 Å². The van der Waals surface area contributed by atoms with Crippen LogP contribution in [0.25, 0.3) is 10.9 Å². The lowest BCUT2D eigenvalue weighted by atomic mass is 10.1. The van der Waals surface area contributed by atoms with Gasteiger partial charge < -0.3 is 15.5 Å². The Hall–Kier alpha value is -2.39. The number of morpholine rings is 1. The average molecular weight is 355 g/mol. The van der Waals surface area contributed by atoms with Crippen LogP contribution in [0.4, 0.5) is 13.2 Å². The summed E-state index contributed by atoms with van der Waals surface area (Å²) >= 11 is 0. The molecular formula is C16H16F3N3O3. The first-order valence-corrected chi connectivity index (χ1v) is 7.60. The van der Waals surface area contributed by atoms with Crippen LogP contribution in [0.1, 0.15) is 16.1 Å². The maximum Gasteiger partial charge on any atom is 0.415 e. The summed E-state index contributed by atoms with van der Waals surface area (Å²) in [5.74, 6) is -0.642. The van der Waals surface area contributed by atoms with E-state index in [2.05, 4.69) is 4.98 Å². The van der Waals surface area contributed by atoms with Gasteiger partial charge in [0.2, 0.25) is 5.91 Å². The molecule has 0 spiro atoms. The largest absolute Gasteiger partial charge is 0.415 e. The van der Waals surface area contributed by atoms with Crippen LogP contribution in [-0.2, 0) is 11.3 Å². The number of nitrogens with one attached hydrogen (secondary N) is 1. The fraction of sp³-hybridized carbons (Fsp3) is 0.375. The van der Waals surface area contributed by atoms with Gasteiger partial charge in [-0.15, -0.1) is 0 Å². The van der Waals surface area contributed by atoms with E-state index in [1.807, 2.05) is 0 Å². The van der Waals surface area contributed by atoms with Crippen LogP contribution in [0.3, 0.4) is 0 Å². The summed E-state index contributed by atoms with van der Waals surface area (Å²) in [7, 11) is 0. The maximum absolute atomic E-state index is 12.8. The summed E-state index contributed by atoms with van der Waals surface area (Å²) in [6, 6.07) is 5.76. The molecule has 1 fully saturated rings. The minimum atomic E-state index is -4.42. The summed E-state index contributed by atoms with van der Waals surface area (Å²) in [6.45, 7) is 0.195. The topological polar surface area (TPSA) is 88.4 Å². The summed E-state index contributed by atoms with van der Waals surface area (Å²) < 4.78 is 43.1. The molecule has 1 aromatic heterocycles. The van der Waals surface area contributed by atoms with E-state index in [0.29, 0.717) is 23.1 Å². The third-order valence-electron chi connectivity index (χ3n) is 4.08. The van der Waals surface area contributed by atoms with Gasteiger partial charge in [-0.25, -0.2) is 0 Å². The highest BCUT2D eigenvalue weighted by Gasteiger charge is 2.43. The highest BCUT2D eigenvalue weighted by molar-refractivity contribution is 5.96. The fourth-order valence-corrected chi connectivity index (χ4v) is 2.83. The standard InChI is InChI=1S/C16H16F3N3O3/c17-16(18,19)14-8-22(3-4-25-14)7-10-6-13(23)11-5-9(15(20)24)1-2-12(11)21-10/h1-2,5-6,14H,3-4,7-8H2,(H2,20,24)(H,21,23). The van der Waals surface area contributed by atoms with Crippen LogP contribution < -0.4 is 11.2 Å². The van der Waals surface area contributed by atoms with Crippen molar-refractivity contribution in [3.05, 3.63) is 45.7 Å². The number of carbonyl (C=O) groups excluding carboxylic acids is 1. The number of ether oxygens (including phenoxy) is 1. The van der Waals surface area contributed by atoms with Gasteiger partial charge in [-0.3, -0.25) is 14.5 Å². The minimum Gasteiger partial charge on any atom is -0.366 e. The Bertz CT molecular complexity index is 863. The number of primary amides is 1. The van der Waals surface area contributed by atoms with Gasteiger partial charge in [-0.05, 0) is 18.2 Å². The molecule has 25 heavy (non-hydrogen) atoms. The van der Waals surface area contributed by atoms with Gasteiger partial charge >= 0.3 is 6.18 Å². The number of benzene rings is 1. The van der Waals surface area contributed by atoms with E-state index >= 15 is 0 Å². The Morgan fingerprint density at radius 1 is 1.36 bits per heavy atom. The summed E-state index contributed by atoms with van der Waals surface area (Å²) in [5, 5.41) is 0.301. The highest BCUT2D eigenvalue weighted by Crippen LogP contribution is 2.26. The molecule has 2 aromatic rings. The molecule has 0 saturated carbocycles. The van der Waals surface area contributed by atoms with E-state index in [-0.39, 0.29) is 30.7 Å². The summed E-state index contributed by atoms with van der Waals surface area (Å²) in [5.41, 5.74) is 6.07. The van der Waals surface area contributed by atoms with Crippen molar-refractivity contribution in [1.29, 1.82) is 0 Å². The zero-order valence-electron chi connectivity index (χ0n) is 13.1. The smallest absolute Gasteiger partial charge is 0.366 e. The molecule has 1 aromatic carbocycles. The lowest BCUT2D eigenvalue weighted by Crippen LogP contribution is -2.48. The number of pyridine rings is 1. The van der Waals surface area contributed by atoms with E-state index in [9.17, 15) is 22.8 Å². The third-order valence-corrected chi connectivity index (χ3v) is 4.08. The molecule has 9 heteroatoms. The van der Waals surface area contributed by atoms with E-state index in [1.54, 1.807) is 11.0 Å². The molecule has 1 saturated heterocycles. The van der Waals surface area contributed by atoms with E-state index in [4.69, 9.17) is 10.5 Å². The molecule has 3 N–H and O–H groups in total. The van der Waals surface area contributed by atoms with Gasteiger partial charge in [0, 0.05) is 47.9 Å². The number of nitrogens with two attached hydrogens (primary N) is 1. The zero-order valence-corrected chi connectivity index (χ0v) is 13.1. The molecule has 1 aliphatic rings. The number of H-pyrrole nitrogens is 1. The molecule has 0 radical (unpaired) electrons. The normalized spacial score (nSPS) is 19.2. The Morgan fingerprint density at radius 2 is 2.12 bits per heavy atom. The van der Waals surface area contributed by atoms with Crippen LogP contribution in [0.5, 0.6) is 0 Å². The number of rotatable bonds is 3. The molecule has 2 heterocycles. The number of nitrogens with zero attached hydrogens (tertiary/aromatic N) is 1. The van der Waals surface area contributed by atoms with Gasteiger partial charge in [0.15, 0.2) is 11.5 Å². The van der Waals surface area contributed by atoms with Crippen molar-refractivity contribution >= 4 is 16.8 Å². The predicted octanol–water partition coefficient (Wildman–Crippen LogP) is 1.39. The fourth-order valence-electron chi connectivity index (χ4n) is 2.83. The van der Waals surface area contributed by atoms with Crippen LogP contribution in [0.2, 0.25) is 0 Å². The van der Waals surface area contributed by atoms with Gasteiger partial charge in [-0.2, -0.15) is 13.2 Å². The average Bonchev–Trinajstić information content (AvgIpc) is 2.54. The third kappa shape index (κ3) is 3.83. The Balaban J connectivity index is 1.84. The van der Waals surface area contributed by atoms with Gasteiger partial charge in [0.05, 0.1) is 6.61 Å². The van der Waals surface area contributed by atoms with Crippen molar-refractivity contribution in [2.75, 3.05) is 19.7 Å². The van der Waals surface area contributed by atoms with E-state index < -0.39 is 18.2 Å². The van der Waals surface area contributed by atoms with Gasteiger partial charge in [0.25, 0.3) is 0 Å². The molecule has 0 bridgehead atoms. The number of halogens is 3. The summed E-state index contributed by atoms with van der Waals surface area (Å²) in [4.78, 5) is 28.0. The molecule has 0 aliphatic carbocycles. The lowest BCUT2D eigenvalue weighted by Gasteiger charge is -2.33. The number of alkyl halides is 3. The SMILES string of the molecule is NC(=O)c1ccc2[nH]c(CN3CCOC(C(F)(F)F)C3)cc(=O)c2c1. The number of aromatic amines is 1. The quantitative estimate of drug-likeness (QED) is 0.871. The Labute approximate surface area is 140 Å². The molecule has 1 unspecified atom stereocenters. The Morgan fingerprint density at radius 3 is 2.80 bits per heavy atom. The molecule has 1 amide bonds. The molecule has 6 nitrogen and oxygen atoms in total. The second-order valence-corrected chi connectivity index (χ2v) is 5.92. The van der Waals surface area contributed by atoms with E-state index in [0.717, 1.165) is 0 Å². The number of fused-ring (bicyclic) bond motifs is 1. The minimum absolute atomic E-state index is 0.0238. The number of amides is 1. The molecular weight excluding hydrogens is 339 g/mol. The number of aromatic nitrogens is 1. The molecule has 134 valence electrons. The lowest BCUT2D eigenvalue weighted by molar-refractivity contribution is -0.237. The van der Waals surface area contributed by atoms with Crippen molar-refractivity contribution in [3.63, 3.8) is 0 Å². The van der Waals surface area contributed by atoms with Crippen LogP contribution in [-0.4, -0.2) is 47.8 Å². The first kappa shape index (κ1) is 17.4. The van der Waals surface area contributed by atoms with Crippen molar-refractivity contribution in [2.24, 2.45) is 5.73 Å². The van der Waals surface area contributed by atoms with Crippen molar-refractivity contribution in [3.8, 4) is 0 Å². The molecule has 1 aliphatic heterocycles. The number of hydrogen-bond acceptors (Lipinski definition) is 4. The highest BCUT2D eigenvalue weighted by atomic mass is 19.4. The second-order valence-electron chi connectivity index (χ2n) is 5.92. The second kappa shape index (κ2) is 6.49. The molecule has 1 atom stereocenters. The van der Waals surface area contributed by atoms with Crippen LogP contribution in [0, 0.1) is 0 Å². The van der Waals surface area contributed by atoms with E-state index in [1.165, 1.54) is 18.2 Å². The molecule has 3 rings (SSSR count). The van der Waals surface area contributed by atoms with Crippen LogP contribution in [0.15, 0.2) is 29.1 Å². The van der Waals surface area contributed by atoms with Crippen molar-refractivity contribution in [2.45, 2.75) is 18.8 Å². The Kier molecular flexibility index (Phi) is 4.53.